The van der Waals surface area contributed by atoms with Crippen molar-refractivity contribution >= 4 is 21.8 Å². The summed E-state index contributed by atoms with van der Waals surface area (Å²) in [6.45, 7) is 5.88. The second-order valence-electron chi connectivity index (χ2n) is 4.22. The normalized spacial score (nSPS) is 10.4. The van der Waals surface area contributed by atoms with Gasteiger partial charge in [-0.2, -0.15) is 0 Å². The molecule has 0 atom stereocenters. The Bertz CT molecular complexity index is 407. The van der Waals surface area contributed by atoms with Crippen molar-refractivity contribution < 1.29 is 9.53 Å². The fraction of sp³-hybridized carbons (Fsp3) is 0.500. The van der Waals surface area contributed by atoms with Crippen LogP contribution in [0.25, 0.3) is 0 Å². The van der Waals surface area contributed by atoms with Gasteiger partial charge in [0, 0.05) is 31.1 Å². The van der Waals surface area contributed by atoms with Crippen molar-refractivity contribution in [1.29, 1.82) is 0 Å². The third kappa shape index (κ3) is 3.82. The lowest BCUT2D eigenvalue weighted by Crippen LogP contribution is -2.35. The summed E-state index contributed by atoms with van der Waals surface area (Å²) in [6, 6.07) is 5.84. The molecular formula is C14H20BrNO2. The second-order valence-corrected chi connectivity index (χ2v) is 5.01. The summed E-state index contributed by atoms with van der Waals surface area (Å²) >= 11 is 3.38. The van der Waals surface area contributed by atoms with E-state index in [9.17, 15) is 4.79 Å². The first-order valence-corrected chi connectivity index (χ1v) is 7.14. The Kier molecular flexibility index (Phi) is 6.36. The molecule has 1 aromatic carbocycles. The first-order chi connectivity index (χ1) is 8.61. The number of alkyl halides is 1. The maximum Gasteiger partial charge on any atom is 0.254 e. The second kappa shape index (κ2) is 7.54. The maximum atomic E-state index is 12.5. The van der Waals surface area contributed by atoms with Crippen molar-refractivity contribution in [2.45, 2.75) is 13.8 Å². The van der Waals surface area contributed by atoms with E-state index in [-0.39, 0.29) is 5.91 Å². The largest absolute Gasteiger partial charge is 0.383 e. The highest BCUT2D eigenvalue weighted by Crippen LogP contribution is 2.15. The molecule has 0 aromatic heterocycles. The first kappa shape index (κ1) is 15.2. The summed E-state index contributed by atoms with van der Waals surface area (Å²) in [7, 11) is 1.65. The zero-order chi connectivity index (χ0) is 13.5. The average molecular weight is 314 g/mol. The summed E-state index contributed by atoms with van der Waals surface area (Å²) in [4.78, 5) is 14.3. The number of rotatable bonds is 6. The molecule has 0 N–H and O–H groups in total. The number of halogens is 1. The lowest BCUT2D eigenvalue weighted by Gasteiger charge is -2.22. The molecule has 100 valence electrons. The molecule has 1 rings (SSSR count). The molecule has 0 saturated heterocycles. The number of methoxy groups -OCH3 is 1. The van der Waals surface area contributed by atoms with E-state index in [2.05, 4.69) is 15.9 Å². The minimum atomic E-state index is 0.0766. The van der Waals surface area contributed by atoms with Gasteiger partial charge in [-0.3, -0.25) is 4.79 Å². The minimum Gasteiger partial charge on any atom is -0.383 e. The van der Waals surface area contributed by atoms with Gasteiger partial charge in [-0.25, -0.2) is 0 Å². The molecule has 0 radical (unpaired) electrons. The summed E-state index contributed by atoms with van der Waals surface area (Å²) < 4.78 is 5.05. The van der Waals surface area contributed by atoms with Gasteiger partial charge in [0.1, 0.15) is 0 Å². The van der Waals surface area contributed by atoms with E-state index in [0.717, 1.165) is 22.0 Å². The van der Waals surface area contributed by atoms with E-state index >= 15 is 0 Å². The van der Waals surface area contributed by atoms with Crippen molar-refractivity contribution in [3.05, 3.63) is 34.9 Å². The molecule has 0 bridgehead atoms. The Labute approximate surface area is 117 Å². The van der Waals surface area contributed by atoms with Crippen molar-refractivity contribution in [2.24, 2.45) is 0 Å². The highest BCUT2D eigenvalue weighted by Gasteiger charge is 2.17. The number of nitrogens with zero attached hydrogens (tertiary/aromatic N) is 1. The average Bonchev–Trinajstić information content (AvgIpc) is 2.37. The van der Waals surface area contributed by atoms with Crippen LogP contribution in [0.4, 0.5) is 0 Å². The van der Waals surface area contributed by atoms with Crippen LogP contribution in [0, 0.1) is 13.8 Å². The van der Waals surface area contributed by atoms with Crippen LogP contribution in [0.3, 0.4) is 0 Å². The molecular weight excluding hydrogens is 294 g/mol. The van der Waals surface area contributed by atoms with Gasteiger partial charge in [0.2, 0.25) is 0 Å². The van der Waals surface area contributed by atoms with Crippen LogP contribution in [-0.4, -0.2) is 42.9 Å². The molecule has 0 saturated carbocycles. The molecule has 1 aromatic rings. The van der Waals surface area contributed by atoms with Crippen molar-refractivity contribution in [2.75, 3.05) is 32.1 Å². The maximum absolute atomic E-state index is 12.5. The van der Waals surface area contributed by atoms with Gasteiger partial charge in [0.25, 0.3) is 5.91 Å². The molecule has 0 heterocycles. The molecule has 18 heavy (non-hydrogen) atoms. The molecule has 0 unspecified atom stereocenters. The number of hydrogen-bond donors (Lipinski definition) is 0. The van der Waals surface area contributed by atoms with Gasteiger partial charge in [-0.05, 0) is 31.0 Å². The quantitative estimate of drug-likeness (QED) is 0.756. The van der Waals surface area contributed by atoms with Gasteiger partial charge in [0.05, 0.1) is 6.61 Å². The summed E-state index contributed by atoms with van der Waals surface area (Å²) in [5, 5.41) is 0.771. The zero-order valence-electron chi connectivity index (χ0n) is 11.2. The number of aryl methyl sites for hydroxylation is 1. The molecule has 3 nitrogen and oxygen atoms in total. The van der Waals surface area contributed by atoms with E-state index < -0.39 is 0 Å². The summed E-state index contributed by atoms with van der Waals surface area (Å²) in [5.41, 5.74) is 2.98. The van der Waals surface area contributed by atoms with E-state index in [1.807, 2.05) is 36.9 Å². The number of hydrogen-bond acceptors (Lipinski definition) is 2. The summed E-state index contributed by atoms with van der Waals surface area (Å²) in [6.07, 6.45) is 0. The molecule has 0 aliphatic carbocycles. The monoisotopic (exact) mass is 313 g/mol. The third-order valence-electron chi connectivity index (χ3n) is 3.04. The van der Waals surface area contributed by atoms with Crippen LogP contribution in [0.1, 0.15) is 21.5 Å². The molecule has 0 aliphatic rings. The molecule has 0 aliphatic heterocycles. The number of amides is 1. The fourth-order valence-corrected chi connectivity index (χ4v) is 2.20. The van der Waals surface area contributed by atoms with Gasteiger partial charge in [-0.1, -0.05) is 28.1 Å². The first-order valence-electron chi connectivity index (χ1n) is 6.02. The van der Waals surface area contributed by atoms with E-state index in [0.29, 0.717) is 19.7 Å². The lowest BCUT2D eigenvalue weighted by atomic mass is 10.0. The highest BCUT2D eigenvalue weighted by atomic mass is 79.9. The zero-order valence-corrected chi connectivity index (χ0v) is 12.8. The van der Waals surface area contributed by atoms with Crippen molar-refractivity contribution in [3.8, 4) is 0 Å². The summed E-state index contributed by atoms with van der Waals surface area (Å²) in [5.74, 6) is 0.0766. The van der Waals surface area contributed by atoms with Crippen LogP contribution in [0.2, 0.25) is 0 Å². The number of ether oxygens (including phenoxy) is 1. The molecule has 0 fully saturated rings. The third-order valence-corrected chi connectivity index (χ3v) is 3.40. The highest BCUT2D eigenvalue weighted by molar-refractivity contribution is 9.09. The molecule has 1 amide bonds. The topological polar surface area (TPSA) is 29.5 Å². The lowest BCUT2D eigenvalue weighted by molar-refractivity contribution is 0.0708. The molecule has 4 heteroatoms. The Hall–Kier alpha value is -0.870. The van der Waals surface area contributed by atoms with E-state index in [1.165, 1.54) is 0 Å². The Morgan fingerprint density at radius 2 is 2.06 bits per heavy atom. The van der Waals surface area contributed by atoms with Crippen LogP contribution in [-0.2, 0) is 4.74 Å². The van der Waals surface area contributed by atoms with E-state index in [4.69, 9.17) is 4.74 Å². The predicted molar refractivity (Wildman–Crippen MR) is 77.5 cm³/mol. The van der Waals surface area contributed by atoms with E-state index in [1.54, 1.807) is 7.11 Å². The van der Waals surface area contributed by atoms with Crippen molar-refractivity contribution in [3.63, 3.8) is 0 Å². The smallest absolute Gasteiger partial charge is 0.254 e. The van der Waals surface area contributed by atoms with Crippen LogP contribution in [0.5, 0.6) is 0 Å². The minimum absolute atomic E-state index is 0.0766. The van der Waals surface area contributed by atoms with Crippen LogP contribution < -0.4 is 0 Å². The van der Waals surface area contributed by atoms with Crippen LogP contribution in [0.15, 0.2) is 18.2 Å². The molecule has 0 spiro atoms. The van der Waals surface area contributed by atoms with Gasteiger partial charge in [-0.15, -0.1) is 0 Å². The Balaban J connectivity index is 2.90. The number of carbonyl (C=O) groups excluding carboxylic acids is 1. The Morgan fingerprint density at radius 3 is 2.67 bits per heavy atom. The number of benzene rings is 1. The predicted octanol–water partition coefficient (Wildman–Crippen LogP) is 2.79. The van der Waals surface area contributed by atoms with Gasteiger partial charge in [0.15, 0.2) is 0 Å². The SMILES string of the molecule is COCCN(CCBr)C(=O)c1cccc(C)c1C. The standard InChI is InChI=1S/C14H20BrNO2/c1-11-5-4-6-13(12(11)2)14(17)16(8-7-15)9-10-18-3/h4-6H,7-10H2,1-3H3. The van der Waals surface area contributed by atoms with Gasteiger partial charge < -0.3 is 9.64 Å². The fourth-order valence-electron chi connectivity index (χ4n) is 1.77. The number of carbonyl (C=O) groups is 1. The van der Waals surface area contributed by atoms with Gasteiger partial charge >= 0.3 is 0 Å². The van der Waals surface area contributed by atoms with Crippen molar-refractivity contribution in [1.82, 2.24) is 4.90 Å². The Morgan fingerprint density at radius 1 is 1.33 bits per heavy atom. The van der Waals surface area contributed by atoms with Crippen LogP contribution >= 0.6 is 15.9 Å².